The van der Waals surface area contributed by atoms with Crippen LogP contribution >= 0.6 is 0 Å². The Balaban J connectivity index is 3.41. The van der Waals surface area contributed by atoms with E-state index in [9.17, 15) is 26.1 Å². The quantitative estimate of drug-likeness (QED) is 0.563. The third-order valence-corrected chi connectivity index (χ3v) is 3.83. The molecule has 4 nitrogen and oxygen atoms in total. The number of nitrogens with zero attached hydrogens (tertiary/aromatic N) is 1. The number of allylic oxidation sites excluding steroid dienone is 3. The Labute approximate surface area is 96.8 Å². The SMILES string of the molecule is C=CC1=CC(C(F)(F)F)[N+](C)(S(=O)(=O)[O-])C=C1. The van der Waals surface area contributed by atoms with Gasteiger partial charge >= 0.3 is 6.18 Å². The van der Waals surface area contributed by atoms with Gasteiger partial charge in [-0.2, -0.15) is 25.5 Å². The first-order chi connectivity index (χ1) is 7.52. The van der Waals surface area contributed by atoms with Gasteiger partial charge in [0, 0.05) is 0 Å². The molecule has 0 aliphatic carbocycles. The second-order valence-electron chi connectivity index (χ2n) is 3.66. The Morgan fingerprint density at radius 1 is 1.53 bits per heavy atom. The zero-order chi connectivity index (χ0) is 13.5. The van der Waals surface area contributed by atoms with Crippen molar-refractivity contribution in [1.82, 2.24) is 0 Å². The maximum absolute atomic E-state index is 12.7. The number of hydrogen-bond donors (Lipinski definition) is 0. The van der Waals surface area contributed by atoms with Crippen LogP contribution < -0.4 is 0 Å². The Bertz CT molecular complexity index is 492. The Kier molecular flexibility index (Phi) is 3.25. The first kappa shape index (κ1) is 13.9. The van der Waals surface area contributed by atoms with Crippen LogP contribution in [0.1, 0.15) is 0 Å². The number of alkyl halides is 3. The van der Waals surface area contributed by atoms with Crippen LogP contribution in [-0.2, 0) is 10.3 Å². The minimum atomic E-state index is -5.19. The summed E-state index contributed by atoms with van der Waals surface area (Å²) < 4.78 is 69.4. The summed E-state index contributed by atoms with van der Waals surface area (Å²) in [5.41, 5.74) is 0.117. The van der Waals surface area contributed by atoms with Gasteiger partial charge < -0.3 is 4.55 Å². The van der Waals surface area contributed by atoms with E-state index in [-0.39, 0.29) is 5.57 Å². The van der Waals surface area contributed by atoms with Crippen molar-refractivity contribution in [2.75, 3.05) is 7.05 Å². The van der Waals surface area contributed by atoms with Crippen molar-refractivity contribution in [3.63, 3.8) is 0 Å². The highest BCUT2D eigenvalue weighted by atomic mass is 32.2. The molecule has 0 bridgehead atoms. The van der Waals surface area contributed by atoms with Gasteiger partial charge in [-0.3, -0.25) is 0 Å². The molecule has 0 amide bonds. The summed E-state index contributed by atoms with van der Waals surface area (Å²) in [6.45, 7) is 3.29. The number of rotatable bonds is 2. The van der Waals surface area contributed by atoms with Crippen LogP contribution in [0.5, 0.6) is 0 Å². The molecule has 0 fully saturated rings. The molecule has 1 aliphatic rings. The van der Waals surface area contributed by atoms with E-state index >= 15 is 0 Å². The van der Waals surface area contributed by atoms with Crippen molar-refractivity contribution >= 4 is 10.3 Å². The fourth-order valence-electron chi connectivity index (χ4n) is 1.45. The van der Waals surface area contributed by atoms with Gasteiger partial charge in [-0.15, -0.1) is 0 Å². The van der Waals surface area contributed by atoms with Gasteiger partial charge in [-0.25, -0.2) is 0 Å². The highest BCUT2D eigenvalue weighted by Gasteiger charge is 2.54. The van der Waals surface area contributed by atoms with Gasteiger partial charge in [-0.05, 0) is 17.7 Å². The molecule has 0 N–H and O–H groups in total. The van der Waals surface area contributed by atoms with Crippen molar-refractivity contribution in [2.45, 2.75) is 12.2 Å². The maximum Gasteiger partial charge on any atom is 0.446 e. The second-order valence-corrected chi connectivity index (χ2v) is 5.30. The fraction of sp³-hybridized carbons (Fsp3) is 0.333. The van der Waals surface area contributed by atoms with Crippen molar-refractivity contribution in [3.05, 3.63) is 36.6 Å². The summed E-state index contributed by atoms with van der Waals surface area (Å²) in [7, 11) is -4.49. The van der Waals surface area contributed by atoms with Crippen LogP contribution in [0.3, 0.4) is 0 Å². The standard InChI is InChI=1S/C9H10F3NO3S/c1-3-7-4-5-13(2,17(14,15)16)8(6-7)9(10,11)12/h3-6,8H,1H2,2H3. The van der Waals surface area contributed by atoms with Crippen molar-refractivity contribution in [3.8, 4) is 0 Å². The zero-order valence-corrected chi connectivity index (χ0v) is 9.62. The van der Waals surface area contributed by atoms with E-state index in [1.165, 1.54) is 0 Å². The number of halogens is 3. The van der Waals surface area contributed by atoms with Crippen LogP contribution in [0.15, 0.2) is 36.6 Å². The molecule has 1 rings (SSSR count). The van der Waals surface area contributed by atoms with E-state index in [1.807, 2.05) is 0 Å². The molecule has 2 atom stereocenters. The van der Waals surface area contributed by atoms with E-state index in [4.69, 9.17) is 0 Å². The van der Waals surface area contributed by atoms with Gasteiger partial charge in [0.1, 0.15) is 6.20 Å². The smallest absolute Gasteiger partial charge is 0.446 e. The molecule has 0 saturated carbocycles. The summed E-state index contributed by atoms with van der Waals surface area (Å²) >= 11 is 0. The molecule has 1 heterocycles. The van der Waals surface area contributed by atoms with Gasteiger partial charge in [-0.1, -0.05) is 12.7 Å². The Morgan fingerprint density at radius 2 is 2.06 bits per heavy atom. The predicted molar refractivity (Wildman–Crippen MR) is 53.1 cm³/mol. The normalized spacial score (nSPS) is 29.9. The van der Waals surface area contributed by atoms with Gasteiger partial charge in [0.2, 0.25) is 6.04 Å². The van der Waals surface area contributed by atoms with Crippen LogP contribution in [-0.4, -0.2) is 36.1 Å². The largest absolute Gasteiger partial charge is 0.701 e. The van der Waals surface area contributed by atoms with Gasteiger partial charge in [0.15, 0.2) is 0 Å². The van der Waals surface area contributed by atoms with E-state index in [2.05, 4.69) is 6.58 Å². The molecule has 0 spiro atoms. The first-order valence-corrected chi connectivity index (χ1v) is 5.81. The lowest BCUT2D eigenvalue weighted by atomic mass is 10.1. The number of quaternary nitrogens is 1. The third kappa shape index (κ3) is 2.43. The van der Waals surface area contributed by atoms with Crippen molar-refractivity contribution in [1.29, 1.82) is 0 Å². The van der Waals surface area contributed by atoms with E-state index in [0.29, 0.717) is 19.3 Å². The molecule has 2 unspecified atom stereocenters. The highest BCUT2D eigenvalue weighted by molar-refractivity contribution is 7.80. The van der Waals surface area contributed by atoms with E-state index in [1.54, 1.807) is 0 Å². The Hall–Kier alpha value is -1.12. The monoisotopic (exact) mass is 269 g/mol. The summed E-state index contributed by atoms with van der Waals surface area (Å²) in [6, 6.07) is -2.43. The van der Waals surface area contributed by atoms with Gasteiger partial charge in [0.25, 0.3) is 10.3 Å². The van der Waals surface area contributed by atoms with E-state index in [0.717, 1.165) is 12.2 Å². The molecule has 8 heteroatoms. The van der Waals surface area contributed by atoms with Crippen LogP contribution in [0.4, 0.5) is 13.2 Å². The first-order valence-electron chi connectivity index (χ1n) is 4.44. The summed E-state index contributed by atoms with van der Waals surface area (Å²) in [4.78, 5) is 0. The molecule has 17 heavy (non-hydrogen) atoms. The topological polar surface area (TPSA) is 57.2 Å². The average Bonchev–Trinajstić information content (AvgIpc) is 2.15. The number of hydrogen-bond acceptors (Lipinski definition) is 3. The lowest BCUT2D eigenvalue weighted by Gasteiger charge is -2.39. The van der Waals surface area contributed by atoms with Gasteiger partial charge in [0.05, 0.1) is 7.05 Å². The molecule has 0 radical (unpaired) electrons. The van der Waals surface area contributed by atoms with Crippen molar-refractivity contribution in [2.24, 2.45) is 0 Å². The predicted octanol–water partition coefficient (Wildman–Crippen LogP) is 1.46. The molecule has 0 aromatic rings. The lowest BCUT2D eigenvalue weighted by Crippen LogP contribution is -2.58. The lowest BCUT2D eigenvalue weighted by molar-refractivity contribution is -0.774. The minimum absolute atomic E-state index is 0.117. The molecule has 96 valence electrons. The minimum Gasteiger partial charge on any atom is -0.701 e. The molecular formula is C9H10F3NO3S. The maximum atomic E-state index is 12.7. The van der Waals surface area contributed by atoms with Crippen molar-refractivity contribution < 1.29 is 30.0 Å². The third-order valence-electron chi connectivity index (χ3n) is 2.52. The molecular weight excluding hydrogens is 259 g/mol. The van der Waals surface area contributed by atoms with Crippen LogP contribution in [0.25, 0.3) is 0 Å². The van der Waals surface area contributed by atoms with Crippen LogP contribution in [0, 0.1) is 0 Å². The number of likely N-dealkylation sites (N-methyl/N-ethyl adjacent to an activating group) is 1. The summed E-state index contributed by atoms with van der Waals surface area (Å²) in [6.07, 6.45) is -1.20. The fourth-order valence-corrected chi connectivity index (χ4v) is 2.12. The van der Waals surface area contributed by atoms with Crippen LogP contribution in [0.2, 0.25) is 0 Å². The molecule has 0 saturated heterocycles. The van der Waals surface area contributed by atoms with E-state index < -0.39 is 26.4 Å². The highest BCUT2D eigenvalue weighted by Crippen LogP contribution is 2.36. The second kappa shape index (κ2) is 3.97. The Morgan fingerprint density at radius 3 is 2.41 bits per heavy atom. The average molecular weight is 269 g/mol. The summed E-state index contributed by atoms with van der Waals surface area (Å²) in [5, 5.41) is 0. The zero-order valence-electron chi connectivity index (χ0n) is 8.81. The molecule has 0 aromatic heterocycles. The molecule has 0 aromatic carbocycles. The summed E-state index contributed by atoms with van der Waals surface area (Å²) in [5.74, 6) is 0. The molecule has 1 aliphatic heterocycles.